The minimum absolute atomic E-state index is 0.413. The summed E-state index contributed by atoms with van der Waals surface area (Å²) >= 11 is 0. The Bertz CT molecular complexity index is 341. The van der Waals surface area contributed by atoms with Crippen molar-refractivity contribution in [2.24, 2.45) is 17.6 Å². The van der Waals surface area contributed by atoms with E-state index in [1.165, 1.54) is 12.8 Å². The summed E-state index contributed by atoms with van der Waals surface area (Å²) < 4.78 is 2.04. The van der Waals surface area contributed by atoms with E-state index in [0.29, 0.717) is 12.0 Å². The molecule has 0 bridgehead atoms. The standard InChI is InChI=1S/C13H24N4/c1-10(2)8-17-13(15-9-16-17)5-3-4-12(14)11-6-7-11/h9-12H,3-8,14H2,1-2H3. The molecule has 1 aliphatic carbocycles. The number of rotatable bonds is 7. The Morgan fingerprint density at radius 3 is 2.88 bits per heavy atom. The van der Waals surface area contributed by atoms with Gasteiger partial charge >= 0.3 is 0 Å². The fraction of sp³-hybridized carbons (Fsp3) is 0.846. The molecule has 17 heavy (non-hydrogen) atoms. The van der Waals surface area contributed by atoms with Gasteiger partial charge in [0.2, 0.25) is 0 Å². The van der Waals surface area contributed by atoms with Crippen LogP contribution in [0.2, 0.25) is 0 Å². The number of aryl methyl sites for hydroxylation is 1. The monoisotopic (exact) mass is 236 g/mol. The van der Waals surface area contributed by atoms with Crippen molar-refractivity contribution >= 4 is 0 Å². The van der Waals surface area contributed by atoms with Crippen molar-refractivity contribution in [3.8, 4) is 0 Å². The van der Waals surface area contributed by atoms with Crippen molar-refractivity contribution in [2.75, 3.05) is 0 Å². The van der Waals surface area contributed by atoms with Crippen LogP contribution in [-0.4, -0.2) is 20.8 Å². The fourth-order valence-corrected chi connectivity index (χ4v) is 2.24. The van der Waals surface area contributed by atoms with E-state index in [4.69, 9.17) is 5.73 Å². The largest absolute Gasteiger partial charge is 0.327 e. The molecule has 1 saturated carbocycles. The molecule has 2 N–H and O–H groups in total. The van der Waals surface area contributed by atoms with E-state index in [1.807, 2.05) is 4.68 Å². The fourth-order valence-electron chi connectivity index (χ4n) is 2.24. The number of nitrogens with two attached hydrogens (primary N) is 1. The molecule has 0 amide bonds. The zero-order valence-corrected chi connectivity index (χ0v) is 11.0. The van der Waals surface area contributed by atoms with Crippen LogP contribution in [0.25, 0.3) is 0 Å². The van der Waals surface area contributed by atoms with Crippen LogP contribution in [0.5, 0.6) is 0 Å². The Labute approximate surface area is 104 Å². The van der Waals surface area contributed by atoms with Crippen molar-refractivity contribution in [1.82, 2.24) is 14.8 Å². The molecule has 1 aromatic heterocycles. The highest BCUT2D eigenvalue weighted by atomic mass is 15.3. The second kappa shape index (κ2) is 5.63. The molecule has 1 aromatic rings. The van der Waals surface area contributed by atoms with Crippen molar-refractivity contribution in [2.45, 2.75) is 58.5 Å². The van der Waals surface area contributed by atoms with E-state index in [1.54, 1.807) is 6.33 Å². The molecule has 0 radical (unpaired) electrons. The zero-order valence-electron chi connectivity index (χ0n) is 11.0. The van der Waals surface area contributed by atoms with Gasteiger partial charge in [-0.05, 0) is 37.5 Å². The van der Waals surface area contributed by atoms with Gasteiger partial charge in [-0.1, -0.05) is 13.8 Å². The lowest BCUT2D eigenvalue weighted by atomic mass is 10.1. The predicted octanol–water partition coefficient (Wildman–Crippen LogP) is 1.99. The average Bonchev–Trinajstić information content (AvgIpc) is 3.03. The van der Waals surface area contributed by atoms with Gasteiger partial charge in [-0.3, -0.25) is 0 Å². The average molecular weight is 236 g/mol. The van der Waals surface area contributed by atoms with Gasteiger partial charge in [-0.15, -0.1) is 0 Å². The van der Waals surface area contributed by atoms with Crippen LogP contribution in [0.15, 0.2) is 6.33 Å². The van der Waals surface area contributed by atoms with E-state index in [2.05, 4.69) is 23.9 Å². The Balaban J connectivity index is 1.75. The van der Waals surface area contributed by atoms with E-state index in [9.17, 15) is 0 Å². The molecule has 1 atom stereocenters. The first-order valence-electron chi connectivity index (χ1n) is 6.79. The molecule has 1 unspecified atom stereocenters. The molecule has 1 aliphatic rings. The molecule has 4 nitrogen and oxygen atoms in total. The molecular formula is C13H24N4. The summed E-state index contributed by atoms with van der Waals surface area (Å²) in [7, 11) is 0. The van der Waals surface area contributed by atoms with Crippen LogP contribution in [0.3, 0.4) is 0 Å². The Morgan fingerprint density at radius 1 is 1.47 bits per heavy atom. The molecule has 1 fully saturated rings. The highest BCUT2D eigenvalue weighted by Crippen LogP contribution is 2.33. The first-order chi connectivity index (χ1) is 8.16. The zero-order chi connectivity index (χ0) is 12.3. The van der Waals surface area contributed by atoms with Gasteiger partial charge < -0.3 is 5.73 Å². The van der Waals surface area contributed by atoms with Gasteiger partial charge in [-0.2, -0.15) is 5.10 Å². The van der Waals surface area contributed by atoms with Gasteiger partial charge in [0.1, 0.15) is 12.2 Å². The molecule has 0 aromatic carbocycles. The summed E-state index contributed by atoms with van der Waals surface area (Å²) in [5, 5.41) is 4.28. The molecule has 2 rings (SSSR count). The van der Waals surface area contributed by atoms with E-state index in [0.717, 1.165) is 37.5 Å². The lowest BCUT2D eigenvalue weighted by Gasteiger charge is -2.11. The highest BCUT2D eigenvalue weighted by Gasteiger charge is 2.27. The molecule has 96 valence electrons. The first kappa shape index (κ1) is 12.6. The molecular weight excluding hydrogens is 212 g/mol. The Hall–Kier alpha value is -0.900. The van der Waals surface area contributed by atoms with Gasteiger partial charge in [0.05, 0.1) is 0 Å². The smallest absolute Gasteiger partial charge is 0.138 e. The molecule has 0 saturated heterocycles. The van der Waals surface area contributed by atoms with E-state index >= 15 is 0 Å². The molecule has 4 heteroatoms. The minimum Gasteiger partial charge on any atom is -0.327 e. The minimum atomic E-state index is 0.413. The normalized spacial score (nSPS) is 17.6. The van der Waals surface area contributed by atoms with Gasteiger partial charge in [0.25, 0.3) is 0 Å². The van der Waals surface area contributed by atoms with Gasteiger partial charge in [0.15, 0.2) is 0 Å². The predicted molar refractivity (Wildman–Crippen MR) is 68.5 cm³/mol. The topological polar surface area (TPSA) is 56.7 Å². The lowest BCUT2D eigenvalue weighted by Crippen LogP contribution is -2.22. The second-order valence-corrected chi connectivity index (χ2v) is 5.65. The maximum absolute atomic E-state index is 6.09. The maximum Gasteiger partial charge on any atom is 0.138 e. The second-order valence-electron chi connectivity index (χ2n) is 5.65. The van der Waals surface area contributed by atoms with Gasteiger partial charge in [0, 0.05) is 19.0 Å². The Kier molecular flexibility index (Phi) is 4.15. The van der Waals surface area contributed by atoms with Crippen LogP contribution in [-0.2, 0) is 13.0 Å². The highest BCUT2D eigenvalue weighted by molar-refractivity contribution is 4.88. The van der Waals surface area contributed by atoms with E-state index < -0.39 is 0 Å². The third-order valence-corrected chi connectivity index (χ3v) is 3.40. The maximum atomic E-state index is 6.09. The molecule has 0 spiro atoms. The first-order valence-corrected chi connectivity index (χ1v) is 6.79. The van der Waals surface area contributed by atoms with Gasteiger partial charge in [-0.25, -0.2) is 9.67 Å². The third-order valence-electron chi connectivity index (χ3n) is 3.40. The van der Waals surface area contributed by atoms with Crippen molar-refractivity contribution < 1.29 is 0 Å². The summed E-state index contributed by atoms with van der Waals surface area (Å²) in [5.74, 6) is 2.54. The third kappa shape index (κ3) is 3.80. The van der Waals surface area contributed by atoms with Crippen molar-refractivity contribution in [3.05, 3.63) is 12.2 Å². The number of hydrogen-bond donors (Lipinski definition) is 1. The summed E-state index contributed by atoms with van der Waals surface area (Å²) in [5.41, 5.74) is 6.09. The summed E-state index contributed by atoms with van der Waals surface area (Å²) in [6, 6.07) is 0.413. The summed E-state index contributed by atoms with van der Waals surface area (Å²) in [6.45, 7) is 5.37. The quantitative estimate of drug-likeness (QED) is 0.787. The van der Waals surface area contributed by atoms with Crippen molar-refractivity contribution in [3.63, 3.8) is 0 Å². The van der Waals surface area contributed by atoms with Crippen molar-refractivity contribution in [1.29, 1.82) is 0 Å². The summed E-state index contributed by atoms with van der Waals surface area (Å²) in [6.07, 6.45) is 7.61. The number of nitrogens with zero attached hydrogens (tertiary/aromatic N) is 3. The molecule has 0 aliphatic heterocycles. The van der Waals surface area contributed by atoms with Crippen LogP contribution >= 0.6 is 0 Å². The van der Waals surface area contributed by atoms with Crippen LogP contribution in [0.1, 0.15) is 45.4 Å². The van der Waals surface area contributed by atoms with Crippen LogP contribution in [0.4, 0.5) is 0 Å². The molecule has 1 heterocycles. The summed E-state index contributed by atoms with van der Waals surface area (Å²) in [4.78, 5) is 4.34. The van der Waals surface area contributed by atoms with Crippen LogP contribution in [0, 0.1) is 11.8 Å². The SMILES string of the molecule is CC(C)Cn1ncnc1CCCC(N)C1CC1. The number of aromatic nitrogens is 3. The van der Waals surface area contributed by atoms with E-state index in [-0.39, 0.29) is 0 Å². The van der Waals surface area contributed by atoms with Crippen LogP contribution < -0.4 is 5.73 Å². The number of hydrogen-bond acceptors (Lipinski definition) is 3. The Morgan fingerprint density at radius 2 is 2.24 bits per heavy atom. The lowest BCUT2D eigenvalue weighted by molar-refractivity contribution is 0.456.